The van der Waals surface area contributed by atoms with Crippen molar-refractivity contribution < 1.29 is 9.53 Å². The lowest BCUT2D eigenvalue weighted by Gasteiger charge is -2.33. The van der Waals surface area contributed by atoms with Gasteiger partial charge in [-0.15, -0.1) is 11.6 Å². The first kappa shape index (κ1) is 13.4. The van der Waals surface area contributed by atoms with Crippen molar-refractivity contribution in [3.05, 3.63) is 35.9 Å². The zero-order chi connectivity index (χ0) is 13.0. The molecule has 0 radical (unpaired) electrons. The number of hydrogen-bond acceptors (Lipinski definition) is 2. The van der Waals surface area contributed by atoms with Gasteiger partial charge >= 0.3 is 5.97 Å². The van der Waals surface area contributed by atoms with Crippen molar-refractivity contribution in [3.8, 4) is 0 Å². The summed E-state index contributed by atoms with van der Waals surface area (Å²) < 4.78 is 5.52. The van der Waals surface area contributed by atoms with Crippen LogP contribution in [0.1, 0.15) is 44.3 Å². The summed E-state index contributed by atoms with van der Waals surface area (Å²) in [5, 5.41) is 0.100. The summed E-state index contributed by atoms with van der Waals surface area (Å²) in [6, 6.07) is 9.92. The molecule has 18 heavy (non-hydrogen) atoms. The Morgan fingerprint density at radius 2 is 1.94 bits per heavy atom. The third kappa shape index (κ3) is 3.26. The van der Waals surface area contributed by atoms with Gasteiger partial charge in [-0.3, -0.25) is 4.79 Å². The maximum absolute atomic E-state index is 11.3. The zero-order valence-electron chi connectivity index (χ0n) is 10.6. The van der Waals surface area contributed by atoms with Gasteiger partial charge in [-0.25, -0.2) is 0 Å². The lowest BCUT2D eigenvalue weighted by molar-refractivity contribution is -0.150. The first-order chi connectivity index (χ1) is 8.68. The van der Waals surface area contributed by atoms with Gasteiger partial charge in [0.15, 0.2) is 0 Å². The van der Waals surface area contributed by atoms with Crippen LogP contribution in [0, 0.1) is 5.92 Å². The molecule has 3 atom stereocenters. The summed E-state index contributed by atoms with van der Waals surface area (Å²) >= 11 is 6.42. The molecule has 0 saturated heterocycles. The molecule has 98 valence electrons. The number of esters is 1. The van der Waals surface area contributed by atoms with Crippen LogP contribution in [-0.4, -0.2) is 11.3 Å². The number of halogens is 1. The lowest BCUT2D eigenvalue weighted by Crippen LogP contribution is -2.29. The number of carbonyl (C=O) groups is 1. The maximum Gasteiger partial charge on any atom is 0.303 e. The van der Waals surface area contributed by atoms with E-state index >= 15 is 0 Å². The molecule has 1 aromatic rings. The second-order valence-electron chi connectivity index (χ2n) is 4.91. The van der Waals surface area contributed by atoms with Gasteiger partial charge in [0.05, 0.1) is 0 Å². The Balaban J connectivity index is 2.21. The topological polar surface area (TPSA) is 26.3 Å². The van der Waals surface area contributed by atoms with E-state index in [0.717, 1.165) is 18.4 Å². The highest BCUT2D eigenvalue weighted by Gasteiger charge is 2.33. The summed E-state index contributed by atoms with van der Waals surface area (Å²) in [6.07, 6.45) is 4.18. The fraction of sp³-hybridized carbons (Fsp3) is 0.533. The van der Waals surface area contributed by atoms with Crippen LogP contribution in [0.25, 0.3) is 0 Å². The third-order valence-corrected chi connectivity index (χ3v) is 4.08. The van der Waals surface area contributed by atoms with Crippen molar-refractivity contribution in [3.63, 3.8) is 0 Å². The Labute approximate surface area is 113 Å². The van der Waals surface area contributed by atoms with Gasteiger partial charge in [-0.1, -0.05) is 43.2 Å². The lowest BCUT2D eigenvalue weighted by atomic mass is 9.82. The normalized spacial score (nSPS) is 25.4. The van der Waals surface area contributed by atoms with E-state index < -0.39 is 0 Å². The standard InChI is InChI=1S/C15H19ClO2/c1-11(17)18-15(12-7-3-2-4-8-12)13-9-5-6-10-14(13)16/h2-4,7-8,13-15H,5-6,9-10H2,1H3/t13-,14+,15-/m1/s1. The van der Waals surface area contributed by atoms with E-state index in [2.05, 4.69) is 0 Å². The van der Waals surface area contributed by atoms with Gasteiger partial charge in [0.25, 0.3) is 0 Å². The predicted octanol–water partition coefficient (Wildman–Crippen LogP) is 4.09. The second kappa shape index (κ2) is 6.24. The average molecular weight is 267 g/mol. The molecule has 2 rings (SSSR count). The molecule has 0 amide bonds. The number of benzene rings is 1. The number of alkyl halides is 1. The predicted molar refractivity (Wildman–Crippen MR) is 72.5 cm³/mol. The highest BCUT2D eigenvalue weighted by atomic mass is 35.5. The van der Waals surface area contributed by atoms with Crippen LogP contribution < -0.4 is 0 Å². The molecule has 0 spiro atoms. The van der Waals surface area contributed by atoms with E-state index in [4.69, 9.17) is 16.3 Å². The molecule has 1 aliphatic carbocycles. The largest absolute Gasteiger partial charge is 0.457 e. The summed E-state index contributed by atoms with van der Waals surface area (Å²) in [6.45, 7) is 1.46. The minimum Gasteiger partial charge on any atom is -0.457 e. The van der Waals surface area contributed by atoms with E-state index in [9.17, 15) is 4.79 Å². The minimum absolute atomic E-state index is 0.100. The van der Waals surface area contributed by atoms with Crippen LogP contribution in [-0.2, 0) is 9.53 Å². The first-order valence-electron chi connectivity index (χ1n) is 6.54. The molecule has 3 heteroatoms. The molecule has 0 N–H and O–H groups in total. The fourth-order valence-corrected chi connectivity index (χ4v) is 3.09. The summed E-state index contributed by atoms with van der Waals surface area (Å²) in [5.41, 5.74) is 1.05. The molecule has 0 bridgehead atoms. The monoisotopic (exact) mass is 266 g/mol. The fourth-order valence-electron chi connectivity index (χ4n) is 2.68. The number of carbonyl (C=O) groups excluding carboxylic acids is 1. The molecule has 1 fully saturated rings. The Morgan fingerprint density at radius 3 is 2.56 bits per heavy atom. The Kier molecular flexibility index (Phi) is 4.65. The van der Waals surface area contributed by atoms with Crippen molar-refractivity contribution in [2.45, 2.75) is 44.1 Å². The smallest absolute Gasteiger partial charge is 0.303 e. The van der Waals surface area contributed by atoms with E-state index in [1.165, 1.54) is 19.8 Å². The van der Waals surface area contributed by atoms with E-state index in [1.54, 1.807) is 0 Å². The van der Waals surface area contributed by atoms with Crippen molar-refractivity contribution in [2.75, 3.05) is 0 Å². The molecule has 0 unspecified atom stereocenters. The Bertz CT molecular complexity index is 391. The maximum atomic E-state index is 11.3. The van der Waals surface area contributed by atoms with Crippen LogP contribution in [0.5, 0.6) is 0 Å². The number of hydrogen-bond donors (Lipinski definition) is 0. The van der Waals surface area contributed by atoms with E-state index in [-0.39, 0.29) is 23.4 Å². The van der Waals surface area contributed by atoms with Crippen LogP contribution in [0.4, 0.5) is 0 Å². The van der Waals surface area contributed by atoms with Crippen molar-refractivity contribution >= 4 is 17.6 Å². The highest BCUT2D eigenvalue weighted by molar-refractivity contribution is 6.20. The van der Waals surface area contributed by atoms with Crippen molar-refractivity contribution in [1.82, 2.24) is 0 Å². The van der Waals surface area contributed by atoms with Gasteiger partial charge in [0.2, 0.25) is 0 Å². The Morgan fingerprint density at radius 1 is 1.28 bits per heavy atom. The quantitative estimate of drug-likeness (QED) is 0.608. The van der Waals surface area contributed by atoms with E-state index in [1.807, 2.05) is 30.3 Å². The first-order valence-corrected chi connectivity index (χ1v) is 6.98. The van der Waals surface area contributed by atoms with Gasteiger partial charge in [-0.05, 0) is 18.4 Å². The summed E-state index contributed by atoms with van der Waals surface area (Å²) in [5.74, 6) is -0.00925. The highest BCUT2D eigenvalue weighted by Crippen LogP contribution is 2.39. The molecular weight excluding hydrogens is 248 g/mol. The summed E-state index contributed by atoms with van der Waals surface area (Å²) in [7, 11) is 0. The molecule has 0 aliphatic heterocycles. The minimum atomic E-state index is -0.238. The summed E-state index contributed by atoms with van der Waals surface area (Å²) in [4.78, 5) is 11.3. The molecule has 1 saturated carbocycles. The van der Waals surface area contributed by atoms with Crippen molar-refractivity contribution in [2.24, 2.45) is 5.92 Å². The van der Waals surface area contributed by atoms with E-state index in [0.29, 0.717) is 0 Å². The molecule has 1 aromatic carbocycles. The number of ether oxygens (including phenoxy) is 1. The van der Waals surface area contributed by atoms with Gasteiger partial charge in [0.1, 0.15) is 6.10 Å². The van der Waals surface area contributed by atoms with Gasteiger partial charge in [0, 0.05) is 18.2 Å². The van der Waals surface area contributed by atoms with Crippen LogP contribution in [0.3, 0.4) is 0 Å². The van der Waals surface area contributed by atoms with Gasteiger partial charge < -0.3 is 4.74 Å². The molecule has 0 aromatic heterocycles. The molecular formula is C15H19ClO2. The zero-order valence-corrected chi connectivity index (χ0v) is 11.4. The molecule has 1 aliphatic rings. The Hall–Kier alpha value is -1.02. The molecule has 2 nitrogen and oxygen atoms in total. The van der Waals surface area contributed by atoms with Crippen LogP contribution in [0.2, 0.25) is 0 Å². The second-order valence-corrected chi connectivity index (χ2v) is 5.47. The van der Waals surface area contributed by atoms with Crippen LogP contribution in [0.15, 0.2) is 30.3 Å². The molecule has 0 heterocycles. The number of rotatable bonds is 3. The average Bonchev–Trinajstić information content (AvgIpc) is 2.38. The van der Waals surface area contributed by atoms with Gasteiger partial charge in [-0.2, -0.15) is 0 Å². The van der Waals surface area contributed by atoms with Crippen molar-refractivity contribution in [1.29, 1.82) is 0 Å². The SMILES string of the molecule is CC(=O)O[C@H](c1ccccc1)[C@@H]1CCCC[C@@H]1Cl. The van der Waals surface area contributed by atoms with Crippen LogP contribution >= 0.6 is 11.6 Å². The third-order valence-electron chi connectivity index (χ3n) is 3.54.